The Morgan fingerprint density at radius 3 is 2.79 bits per heavy atom. The molecule has 1 aliphatic heterocycles. The molecule has 1 fully saturated rings. The second-order valence-corrected chi connectivity index (χ2v) is 5.31. The molecule has 1 saturated heterocycles. The average Bonchev–Trinajstić information content (AvgIpc) is 2.63. The summed E-state index contributed by atoms with van der Waals surface area (Å²) in [6, 6.07) is 8.06. The molecule has 2 N–H and O–H groups in total. The van der Waals surface area contributed by atoms with E-state index in [0.29, 0.717) is 0 Å². The molecule has 1 aliphatic rings. The van der Waals surface area contributed by atoms with E-state index >= 15 is 0 Å². The van der Waals surface area contributed by atoms with Crippen molar-refractivity contribution in [1.82, 2.24) is 9.80 Å². The normalized spacial score (nSPS) is 19.9. The Kier molecular flexibility index (Phi) is 5.19. The number of benzene rings is 1. The lowest BCUT2D eigenvalue weighted by molar-refractivity contribution is 0.260. The Hall–Kier alpha value is -1.10. The van der Waals surface area contributed by atoms with Gasteiger partial charge in [0.15, 0.2) is 0 Å². The number of hydrogen-bond acceptors (Lipinski definition) is 4. The van der Waals surface area contributed by atoms with Gasteiger partial charge < -0.3 is 20.3 Å². The zero-order chi connectivity index (χ0) is 13.7. The fourth-order valence-electron chi connectivity index (χ4n) is 2.63. The van der Waals surface area contributed by atoms with Crippen LogP contribution in [0.1, 0.15) is 18.0 Å². The molecule has 0 radical (unpaired) electrons. The van der Waals surface area contributed by atoms with Crippen LogP contribution in [0.4, 0.5) is 0 Å². The number of likely N-dealkylation sites (N-methyl/N-ethyl adjacent to an activating group) is 1. The minimum Gasteiger partial charge on any atom is -0.496 e. The molecule has 2 rings (SSSR count). The Balaban J connectivity index is 1.98. The van der Waals surface area contributed by atoms with E-state index in [9.17, 15) is 0 Å². The summed E-state index contributed by atoms with van der Waals surface area (Å²) in [6.45, 7) is 5.43. The van der Waals surface area contributed by atoms with Gasteiger partial charge in [0.05, 0.1) is 7.11 Å². The summed E-state index contributed by atoms with van der Waals surface area (Å²) in [5.41, 5.74) is 7.45. The van der Waals surface area contributed by atoms with Gasteiger partial charge in [-0.05, 0) is 32.6 Å². The van der Waals surface area contributed by atoms with Crippen molar-refractivity contribution < 1.29 is 4.74 Å². The van der Waals surface area contributed by atoms with E-state index < -0.39 is 0 Å². The average molecular weight is 263 g/mol. The van der Waals surface area contributed by atoms with Crippen LogP contribution in [0.15, 0.2) is 24.3 Å². The molecule has 1 aromatic rings. The second kappa shape index (κ2) is 6.89. The molecule has 0 bridgehead atoms. The van der Waals surface area contributed by atoms with Crippen molar-refractivity contribution in [3.05, 3.63) is 29.8 Å². The Morgan fingerprint density at radius 2 is 2.00 bits per heavy atom. The quantitative estimate of drug-likeness (QED) is 0.890. The first-order chi connectivity index (χ1) is 9.20. The van der Waals surface area contributed by atoms with E-state index in [1.54, 1.807) is 7.11 Å². The minimum absolute atomic E-state index is 0.0135. The fourth-order valence-corrected chi connectivity index (χ4v) is 2.63. The Labute approximate surface area is 116 Å². The molecule has 0 amide bonds. The number of ether oxygens (including phenoxy) is 1. The number of nitrogens with two attached hydrogens (primary N) is 1. The van der Waals surface area contributed by atoms with E-state index in [-0.39, 0.29) is 6.04 Å². The molecule has 0 spiro atoms. The molecule has 0 aromatic heterocycles. The third-order valence-corrected chi connectivity index (χ3v) is 3.81. The second-order valence-electron chi connectivity index (χ2n) is 5.31. The molecule has 106 valence electrons. The molecule has 19 heavy (non-hydrogen) atoms. The number of methoxy groups -OCH3 is 1. The van der Waals surface area contributed by atoms with Crippen molar-refractivity contribution in [3.8, 4) is 5.75 Å². The maximum absolute atomic E-state index is 6.35. The van der Waals surface area contributed by atoms with Gasteiger partial charge >= 0.3 is 0 Å². The first-order valence-electron chi connectivity index (χ1n) is 7.00. The van der Waals surface area contributed by atoms with Gasteiger partial charge in [0.2, 0.25) is 0 Å². The third kappa shape index (κ3) is 3.93. The van der Waals surface area contributed by atoms with Gasteiger partial charge in [-0.3, -0.25) is 0 Å². The predicted octanol–water partition coefficient (Wildman–Crippen LogP) is 1.33. The number of hydrogen-bond donors (Lipinski definition) is 1. The van der Waals surface area contributed by atoms with Gasteiger partial charge in [-0.1, -0.05) is 18.2 Å². The molecular weight excluding hydrogens is 238 g/mol. The van der Waals surface area contributed by atoms with Gasteiger partial charge in [0.1, 0.15) is 5.75 Å². The third-order valence-electron chi connectivity index (χ3n) is 3.81. The van der Waals surface area contributed by atoms with Crippen LogP contribution in [-0.4, -0.2) is 56.7 Å². The van der Waals surface area contributed by atoms with Gasteiger partial charge in [-0.2, -0.15) is 0 Å². The van der Waals surface area contributed by atoms with Crippen molar-refractivity contribution in [2.45, 2.75) is 12.5 Å². The summed E-state index contributed by atoms with van der Waals surface area (Å²) in [5, 5.41) is 0. The van der Waals surface area contributed by atoms with E-state index in [4.69, 9.17) is 10.5 Å². The van der Waals surface area contributed by atoms with Gasteiger partial charge in [0.25, 0.3) is 0 Å². The van der Waals surface area contributed by atoms with Crippen LogP contribution in [0.2, 0.25) is 0 Å². The topological polar surface area (TPSA) is 41.7 Å². The molecule has 1 heterocycles. The van der Waals surface area contributed by atoms with Crippen molar-refractivity contribution in [1.29, 1.82) is 0 Å². The van der Waals surface area contributed by atoms with E-state index in [2.05, 4.69) is 22.9 Å². The highest BCUT2D eigenvalue weighted by atomic mass is 16.5. The number of rotatable bonds is 4. The first kappa shape index (κ1) is 14.3. The standard InChI is InChI=1S/C15H25N3O/c1-17-8-5-9-18(11-10-17)12-14(16)13-6-3-4-7-15(13)19-2/h3-4,6-7,14H,5,8-12,16H2,1-2H3. The molecule has 4 nitrogen and oxygen atoms in total. The van der Waals surface area contributed by atoms with E-state index in [0.717, 1.165) is 37.5 Å². The molecule has 1 aromatic carbocycles. The Morgan fingerprint density at radius 1 is 1.21 bits per heavy atom. The SMILES string of the molecule is COc1ccccc1C(N)CN1CCCN(C)CC1. The molecule has 4 heteroatoms. The molecular formula is C15H25N3O. The first-order valence-corrected chi connectivity index (χ1v) is 7.00. The lowest BCUT2D eigenvalue weighted by atomic mass is 10.1. The molecule has 1 unspecified atom stereocenters. The summed E-state index contributed by atoms with van der Waals surface area (Å²) in [5.74, 6) is 0.891. The lowest BCUT2D eigenvalue weighted by Crippen LogP contribution is -2.35. The van der Waals surface area contributed by atoms with Crippen LogP contribution in [-0.2, 0) is 0 Å². The minimum atomic E-state index is 0.0135. The highest BCUT2D eigenvalue weighted by molar-refractivity contribution is 5.35. The zero-order valence-corrected chi connectivity index (χ0v) is 12.0. The van der Waals surface area contributed by atoms with Crippen LogP contribution >= 0.6 is 0 Å². The van der Waals surface area contributed by atoms with Gasteiger partial charge in [-0.25, -0.2) is 0 Å². The van der Waals surface area contributed by atoms with Crippen LogP contribution in [0.3, 0.4) is 0 Å². The van der Waals surface area contributed by atoms with Gasteiger partial charge in [-0.15, -0.1) is 0 Å². The summed E-state index contributed by atoms with van der Waals surface area (Å²) < 4.78 is 5.39. The van der Waals surface area contributed by atoms with E-state index in [1.165, 1.54) is 13.0 Å². The van der Waals surface area contributed by atoms with Gasteiger partial charge in [0, 0.05) is 31.2 Å². The smallest absolute Gasteiger partial charge is 0.123 e. The summed E-state index contributed by atoms with van der Waals surface area (Å²) in [4.78, 5) is 4.84. The van der Waals surface area contributed by atoms with Crippen molar-refractivity contribution in [2.75, 3.05) is 46.9 Å². The summed E-state index contributed by atoms with van der Waals surface area (Å²) in [6.07, 6.45) is 1.22. The van der Waals surface area contributed by atoms with Crippen molar-refractivity contribution >= 4 is 0 Å². The van der Waals surface area contributed by atoms with Crippen molar-refractivity contribution in [2.24, 2.45) is 5.73 Å². The van der Waals surface area contributed by atoms with E-state index in [1.807, 2.05) is 18.2 Å². The molecule has 1 atom stereocenters. The van der Waals surface area contributed by atoms with Crippen molar-refractivity contribution in [3.63, 3.8) is 0 Å². The largest absolute Gasteiger partial charge is 0.496 e. The summed E-state index contributed by atoms with van der Waals surface area (Å²) >= 11 is 0. The highest BCUT2D eigenvalue weighted by Gasteiger charge is 2.17. The highest BCUT2D eigenvalue weighted by Crippen LogP contribution is 2.24. The maximum atomic E-state index is 6.35. The number of para-hydroxylation sites is 1. The monoisotopic (exact) mass is 263 g/mol. The van der Waals surface area contributed by atoms with Crippen LogP contribution in [0, 0.1) is 0 Å². The number of nitrogens with zero attached hydrogens (tertiary/aromatic N) is 2. The fraction of sp³-hybridized carbons (Fsp3) is 0.600. The molecule has 0 saturated carbocycles. The van der Waals surface area contributed by atoms with Crippen LogP contribution in [0.5, 0.6) is 5.75 Å². The predicted molar refractivity (Wildman–Crippen MR) is 78.5 cm³/mol. The summed E-state index contributed by atoms with van der Waals surface area (Å²) in [7, 11) is 3.89. The van der Waals surface area contributed by atoms with Crippen LogP contribution in [0.25, 0.3) is 0 Å². The Bertz CT molecular complexity index is 397. The lowest BCUT2D eigenvalue weighted by Gasteiger charge is -2.25. The molecule has 0 aliphatic carbocycles. The zero-order valence-electron chi connectivity index (χ0n) is 12.0. The van der Waals surface area contributed by atoms with Crippen LogP contribution < -0.4 is 10.5 Å². The maximum Gasteiger partial charge on any atom is 0.123 e.